The van der Waals surface area contributed by atoms with Crippen molar-refractivity contribution >= 4 is 17.6 Å². The molecule has 1 heterocycles. The number of anilines is 1. The van der Waals surface area contributed by atoms with Gasteiger partial charge in [0, 0.05) is 19.8 Å². The van der Waals surface area contributed by atoms with Crippen LogP contribution in [-0.2, 0) is 0 Å². The van der Waals surface area contributed by atoms with Crippen LogP contribution in [0.25, 0.3) is 11.1 Å². The number of hydrogen-bond donors (Lipinski definition) is 2. The zero-order valence-corrected chi connectivity index (χ0v) is 11.6. The first kappa shape index (κ1) is 14.5. The molecular formula is C15H14N2O4. The molecule has 0 amide bonds. The summed E-state index contributed by atoms with van der Waals surface area (Å²) in [6.07, 6.45) is 0. The zero-order chi connectivity index (χ0) is 15.6. The fraction of sp³-hybridized carbons (Fsp3) is 0.133. The van der Waals surface area contributed by atoms with Gasteiger partial charge in [0.2, 0.25) is 0 Å². The van der Waals surface area contributed by atoms with E-state index in [2.05, 4.69) is 4.98 Å². The fourth-order valence-electron chi connectivity index (χ4n) is 1.87. The third-order valence-corrected chi connectivity index (χ3v) is 2.98. The van der Waals surface area contributed by atoms with Gasteiger partial charge >= 0.3 is 11.9 Å². The first-order valence-electron chi connectivity index (χ1n) is 6.15. The van der Waals surface area contributed by atoms with Gasteiger partial charge in [0.05, 0.1) is 0 Å². The number of carboxylic acids is 2. The molecule has 6 heteroatoms. The van der Waals surface area contributed by atoms with Crippen LogP contribution in [-0.4, -0.2) is 41.2 Å². The summed E-state index contributed by atoms with van der Waals surface area (Å²) in [4.78, 5) is 27.6. The summed E-state index contributed by atoms with van der Waals surface area (Å²) >= 11 is 0. The third-order valence-electron chi connectivity index (χ3n) is 2.98. The van der Waals surface area contributed by atoms with Crippen LogP contribution in [0.15, 0.2) is 36.4 Å². The Morgan fingerprint density at radius 1 is 0.905 bits per heavy atom. The molecule has 0 radical (unpaired) electrons. The Balaban J connectivity index is 2.51. The van der Waals surface area contributed by atoms with Gasteiger partial charge in [-0.15, -0.1) is 0 Å². The first-order valence-corrected chi connectivity index (χ1v) is 6.15. The molecular weight excluding hydrogens is 272 g/mol. The van der Waals surface area contributed by atoms with Gasteiger partial charge in [-0.1, -0.05) is 12.1 Å². The minimum Gasteiger partial charge on any atom is -0.477 e. The molecule has 2 rings (SSSR count). The van der Waals surface area contributed by atoms with Gasteiger partial charge in [0.1, 0.15) is 11.4 Å². The third kappa shape index (κ3) is 3.17. The highest BCUT2D eigenvalue weighted by molar-refractivity contribution is 5.92. The molecule has 1 aromatic carbocycles. The van der Waals surface area contributed by atoms with Crippen molar-refractivity contribution in [3.05, 3.63) is 47.8 Å². The average molecular weight is 286 g/mol. The predicted octanol–water partition coefficient (Wildman–Crippen LogP) is 2.21. The van der Waals surface area contributed by atoms with Gasteiger partial charge in [-0.3, -0.25) is 0 Å². The van der Waals surface area contributed by atoms with Crippen molar-refractivity contribution in [2.75, 3.05) is 19.0 Å². The van der Waals surface area contributed by atoms with Crippen LogP contribution in [0.2, 0.25) is 0 Å². The van der Waals surface area contributed by atoms with Crippen LogP contribution in [0.3, 0.4) is 0 Å². The summed E-state index contributed by atoms with van der Waals surface area (Å²) in [7, 11) is 3.82. The number of benzene rings is 1. The maximum Gasteiger partial charge on any atom is 0.354 e. The summed E-state index contributed by atoms with van der Waals surface area (Å²) in [6, 6.07) is 10.1. The summed E-state index contributed by atoms with van der Waals surface area (Å²) in [5.74, 6) is -2.52. The Morgan fingerprint density at radius 3 is 1.76 bits per heavy atom. The standard InChI is InChI=1S/C15H14N2O4/c1-17(2)11-5-3-9(4-6-11)10-7-12(14(18)19)16-13(8-10)15(20)21/h3-8H,1-2H3,(H,18,19)(H,20,21). The van der Waals surface area contributed by atoms with Crippen molar-refractivity contribution in [3.8, 4) is 11.1 Å². The molecule has 0 unspecified atom stereocenters. The molecule has 0 aliphatic rings. The maximum atomic E-state index is 11.0. The van der Waals surface area contributed by atoms with Crippen LogP contribution in [0.4, 0.5) is 5.69 Å². The van der Waals surface area contributed by atoms with Gasteiger partial charge < -0.3 is 15.1 Å². The summed E-state index contributed by atoms with van der Waals surface area (Å²) in [6.45, 7) is 0. The van der Waals surface area contributed by atoms with Gasteiger partial charge in [-0.25, -0.2) is 14.6 Å². The number of hydrogen-bond acceptors (Lipinski definition) is 4. The van der Waals surface area contributed by atoms with Crippen molar-refractivity contribution in [3.63, 3.8) is 0 Å². The molecule has 0 spiro atoms. The highest BCUT2D eigenvalue weighted by Gasteiger charge is 2.14. The molecule has 0 aliphatic carbocycles. The van der Waals surface area contributed by atoms with Crippen LogP contribution < -0.4 is 4.90 Å². The summed E-state index contributed by atoms with van der Waals surface area (Å²) in [5, 5.41) is 18.0. The predicted molar refractivity (Wildman–Crippen MR) is 77.9 cm³/mol. The largest absolute Gasteiger partial charge is 0.477 e. The topological polar surface area (TPSA) is 90.7 Å². The monoisotopic (exact) mass is 286 g/mol. The van der Waals surface area contributed by atoms with Gasteiger partial charge in [-0.2, -0.15) is 0 Å². The normalized spacial score (nSPS) is 10.2. The lowest BCUT2D eigenvalue weighted by Gasteiger charge is -2.13. The smallest absolute Gasteiger partial charge is 0.354 e. The highest BCUT2D eigenvalue weighted by atomic mass is 16.4. The Kier molecular flexibility index (Phi) is 3.89. The van der Waals surface area contributed by atoms with Crippen LogP contribution >= 0.6 is 0 Å². The first-order chi connectivity index (χ1) is 9.88. The molecule has 0 aliphatic heterocycles. The lowest BCUT2D eigenvalue weighted by atomic mass is 10.0. The van der Waals surface area contributed by atoms with Crippen molar-refractivity contribution in [1.82, 2.24) is 4.98 Å². The molecule has 0 atom stereocenters. The SMILES string of the molecule is CN(C)c1ccc(-c2cc(C(=O)O)nc(C(=O)O)c2)cc1. The van der Waals surface area contributed by atoms with E-state index in [1.807, 2.05) is 43.3 Å². The minimum atomic E-state index is -1.26. The van der Waals surface area contributed by atoms with Crippen molar-refractivity contribution in [1.29, 1.82) is 0 Å². The number of nitrogens with zero attached hydrogens (tertiary/aromatic N) is 2. The number of pyridine rings is 1. The summed E-state index contributed by atoms with van der Waals surface area (Å²) < 4.78 is 0. The number of carbonyl (C=O) groups is 2. The van der Waals surface area contributed by atoms with Crippen LogP contribution in [0.5, 0.6) is 0 Å². The number of aromatic nitrogens is 1. The van der Waals surface area contributed by atoms with Crippen LogP contribution in [0, 0.1) is 0 Å². The maximum absolute atomic E-state index is 11.0. The van der Waals surface area contributed by atoms with Crippen LogP contribution in [0.1, 0.15) is 21.0 Å². The number of carboxylic acid groups (broad SMARTS) is 2. The molecule has 21 heavy (non-hydrogen) atoms. The van der Waals surface area contributed by atoms with Gasteiger partial charge in [-0.05, 0) is 35.4 Å². The fourth-order valence-corrected chi connectivity index (χ4v) is 1.87. The zero-order valence-electron chi connectivity index (χ0n) is 11.6. The van der Waals surface area contributed by atoms with E-state index < -0.39 is 11.9 Å². The Labute approximate surface area is 121 Å². The second-order valence-corrected chi connectivity index (χ2v) is 4.68. The molecule has 0 saturated heterocycles. The second kappa shape index (κ2) is 5.62. The van der Waals surface area contributed by atoms with E-state index in [1.54, 1.807) is 0 Å². The van der Waals surface area contributed by atoms with E-state index in [0.29, 0.717) is 5.56 Å². The van der Waals surface area contributed by atoms with Crippen molar-refractivity contribution in [2.24, 2.45) is 0 Å². The molecule has 108 valence electrons. The van der Waals surface area contributed by atoms with Gasteiger partial charge in [0.15, 0.2) is 0 Å². The summed E-state index contributed by atoms with van der Waals surface area (Å²) in [5.41, 5.74) is 1.64. The average Bonchev–Trinajstić information content (AvgIpc) is 2.46. The molecule has 6 nitrogen and oxygen atoms in total. The molecule has 0 bridgehead atoms. The van der Waals surface area contributed by atoms with E-state index in [0.717, 1.165) is 11.3 Å². The number of aromatic carboxylic acids is 2. The number of rotatable bonds is 4. The van der Waals surface area contributed by atoms with Crippen molar-refractivity contribution in [2.45, 2.75) is 0 Å². The van der Waals surface area contributed by atoms with E-state index in [1.165, 1.54) is 12.1 Å². The molecule has 2 N–H and O–H groups in total. The van der Waals surface area contributed by atoms with E-state index >= 15 is 0 Å². The molecule has 0 saturated carbocycles. The molecule has 2 aromatic rings. The van der Waals surface area contributed by atoms with Crippen molar-refractivity contribution < 1.29 is 19.8 Å². The Morgan fingerprint density at radius 2 is 1.38 bits per heavy atom. The quantitative estimate of drug-likeness (QED) is 0.895. The minimum absolute atomic E-state index is 0.290. The Hall–Kier alpha value is -2.89. The van der Waals surface area contributed by atoms with E-state index in [9.17, 15) is 9.59 Å². The lowest BCUT2D eigenvalue weighted by molar-refractivity contribution is 0.0685. The lowest BCUT2D eigenvalue weighted by Crippen LogP contribution is -2.08. The second-order valence-electron chi connectivity index (χ2n) is 4.68. The molecule has 1 aromatic heterocycles. The Bertz CT molecular complexity index is 661. The van der Waals surface area contributed by atoms with Gasteiger partial charge in [0.25, 0.3) is 0 Å². The molecule has 0 fully saturated rings. The highest BCUT2D eigenvalue weighted by Crippen LogP contribution is 2.24. The van der Waals surface area contributed by atoms with E-state index in [4.69, 9.17) is 10.2 Å². The van der Waals surface area contributed by atoms with E-state index in [-0.39, 0.29) is 11.4 Å².